The van der Waals surface area contributed by atoms with E-state index in [1.165, 1.54) is 0 Å². The van der Waals surface area contributed by atoms with Crippen molar-refractivity contribution in [1.82, 2.24) is 25.5 Å². The Bertz CT molecular complexity index is 500. The van der Waals surface area contributed by atoms with Crippen LogP contribution in [0.4, 0.5) is 0 Å². The van der Waals surface area contributed by atoms with Gasteiger partial charge >= 0.3 is 0 Å². The summed E-state index contributed by atoms with van der Waals surface area (Å²) in [5.41, 5.74) is 1.82. The molecule has 0 aromatic carbocycles. The normalized spacial score (nSPS) is 10.3. The van der Waals surface area contributed by atoms with Gasteiger partial charge < -0.3 is 10.1 Å². The average Bonchev–Trinajstić information content (AvgIpc) is 2.40. The maximum atomic E-state index is 4.95. The molecule has 2 rings (SSSR count). The quantitative estimate of drug-likeness (QED) is 0.842. The highest BCUT2D eigenvalue weighted by Crippen LogP contribution is 2.03. The summed E-state index contributed by atoms with van der Waals surface area (Å²) < 4.78 is 4.95. The van der Waals surface area contributed by atoms with Crippen molar-refractivity contribution >= 4 is 0 Å². The minimum atomic E-state index is 0.519. The number of aromatic nitrogens is 4. The van der Waals surface area contributed by atoms with Crippen LogP contribution in [0.15, 0.2) is 24.4 Å². The second-order valence-electron chi connectivity index (χ2n) is 3.77. The van der Waals surface area contributed by atoms with Crippen LogP contribution in [0.25, 0.3) is 0 Å². The first-order valence-electron chi connectivity index (χ1n) is 5.64. The number of aryl methyl sites for hydroxylation is 1. The number of hydrogen-bond acceptors (Lipinski definition) is 6. The Kier molecular flexibility index (Phi) is 4.14. The molecular weight excluding hydrogens is 230 g/mol. The summed E-state index contributed by atoms with van der Waals surface area (Å²) in [7, 11) is 1.57. The van der Waals surface area contributed by atoms with E-state index in [0.717, 1.165) is 17.2 Å². The Morgan fingerprint density at radius 3 is 2.61 bits per heavy atom. The number of nitrogens with one attached hydrogen (secondary N) is 1. The fourth-order valence-corrected chi connectivity index (χ4v) is 1.47. The zero-order chi connectivity index (χ0) is 12.8. The molecule has 0 radical (unpaired) electrons. The van der Waals surface area contributed by atoms with Crippen molar-refractivity contribution < 1.29 is 4.74 Å². The van der Waals surface area contributed by atoms with E-state index in [0.29, 0.717) is 19.0 Å². The van der Waals surface area contributed by atoms with E-state index in [-0.39, 0.29) is 0 Å². The monoisotopic (exact) mass is 245 g/mol. The lowest BCUT2D eigenvalue weighted by Crippen LogP contribution is -2.15. The maximum Gasteiger partial charge on any atom is 0.233 e. The number of nitrogens with zero attached hydrogens (tertiary/aromatic N) is 4. The second kappa shape index (κ2) is 6.02. The van der Waals surface area contributed by atoms with E-state index in [2.05, 4.69) is 25.5 Å². The molecule has 0 atom stereocenters. The Labute approximate surface area is 105 Å². The van der Waals surface area contributed by atoms with E-state index >= 15 is 0 Å². The molecule has 2 heterocycles. The van der Waals surface area contributed by atoms with E-state index in [1.54, 1.807) is 19.4 Å². The molecule has 0 bridgehead atoms. The summed E-state index contributed by atoms with van der Waals surface area (Å²) in [6, 6.07) is 5.56. The van der Waals surface area contributed by atoms with Crippen LogP contribution < -0.4 is 10.1 Å². The minimum absolute atomic E-state index is 0.519. The van der Waals surface area contributed by atoms with Crippen molar-refractivity contribution in [2.75, 3.05) is 7.11 Å². The van der Waals surface area contributed by atoms with Gasteiger partial charge in [0.1, 0.15) is 5.82 Å². The molecule has 0 amide bonds. The fraction of sp³-hybridized carbons (Fsp3) is 0.333. The van der Waals surface area contributed by atoms with Gasteiger partial charge in [-0.15, -0.1) is 5.10 Å². The highest BCUT2D eigenvalue weighted by molar-refractivity contribution is 5.11. The predicted molar refractivity (Wildman–Crippen MR) is 65.9 cm³/mol. The first kappa shape index (κ1) is 12.4. The molecule has 2 aromatic rings. The Morgan fingerprint density at radius 2 is 1.94 bits per heavy atom. The third-order valence-corrected chi connectivity index (χ3v) is 2.35. The molecule has 0 spiro atoms. The number of methoxy groups -OCH3 is 1. The zero-order valence-electron chi connectivity index (χ0n) is 10.4. The second-order valence-corrected chi connectivity index (χ2v) is 3.77. The molecule has 2 aromatic heterocycles. The third kappa shape index (κ3) is 3.46. The van der Waals surface area contributed by atoms with Crippen molar-refractivity contribution in [2.45, 2.75) is 20.0 Å². The van der Waals surface area contributed by atoms with Crippen LogP contribution >= 0.6 is 0 Å². The summed E-state index contributed by atoms with van der Waals surface area (Å²) >= 11 is 0. The Morgan fingerprint density at radius 1 is 1.11 bits per heavy atom. The first-order valence-corrected chi connectivity index (χ1v) is 5.64. The van der Waals surface area contributed by atoms with Crippen molar-refractivity contribution in [3.63, 3.8) is 0 Å². The molecule has 18 heavy (non-hydrogen) atoms. The van der Waals surface area contributed by atoms with Gasteiger partial charge in [0.2, 0.25) is 5.88 Å². The average molecular weight is 245 g/mol. The number of hydrogen-bond donors (Lipinski definition) is 1. The van der Waals surface area contributed by atoms with Crippen molar-refractivity contribution in [2.24, 2.45) is 0 Å². The molecule has 6 nitrogen and oxygen atoms in total. The van der Waals surface area contributed by atoms with Crippen LogP contribution in [0.3, 0.4) is 0 Å². The molecule has 1 N–H and O–H groups in total. The topological polar surface area (TPSA) is 72.8 Å². The molecule has 6 heteroatoms. The first-order chi connectivity index (χ1) is 8.78. The molecule has 0 aliphatic carbocycles. The van der Waals surface area contributed by atoms with Crippen LogP contribution in [0, 0.1) is 6.92 Å². The molecule has 0 aliphatic heterocycles. The smallest absolute Gasteiger partial charge is 0.233 e. The zero-order valence-corrected chi connectivity index (χ0v) is 10.4. The van der Waals surface area contributed by atoms with E-state index in [1.807, 2.05) is 19.1 Å². The van der Waals surface area contributed by atoms with Crippen molar-refractivity contribution in [3.8, 4) is 5.88 Å². The largest absolute Gasteiger partial charge is 0.480 e. The van der Waals surface area contributed by atoms with Crippen LogP contribution in [0.2, 0.25) is 0 Å². The summed E-state index contributed by atoms with van der Waals surface area (Å²) in [5, 5.41) is 11.2. The summed E-state index contributed by atoms with van der Waals surface area (Å²) in [4.78, 5) is 8.35. The molecule has 0 unspecified atom stereocenters. The molecule has 0 fully saturated rings. The molecule has 0 aliphatic rings. The fourth-order valence-electron chi connectivity index (χ4n) is 1.47. The highest BCUT2D eigenvalue weighted by atomic mass is 16.5. The molecule has 0 saturated carbocycles. The van der Waals surface area contributed by atoms with Gasteiger partial charge in [-0.2, -0.15) is 5.10 Å². The summed E-state index contributed by atoms with van der Waals surface area (Å²) in [5.74, 6) is 1.30. The van der Waals surface area contributed by atoms with Gasteiger partial charge in [-0.1, -0.05) is 0 Å². The Hall–Kier alpha value is -2.08. The van der Waals surface area contributed by atoms with Gasteiger partial charge in [-0.25, -0.2) is 9.97 Å². The van der Waals surface area contributed by atoms with Crippen LogP contribution in [0.1, 0.15) is 17.2 Å². The third-order valence-electron chi connectivity index (χ3n) is 2.35. The van der Waals surface area contributed by atoms with Crippen LogP contribution in [-0.2, 0) is 13.1 Å². The number of rotatable bonds is 5. The van der Waals surface area contributed by atoms with Gasteiger partial charge in [0.25, 0.3) is 0 Å². The van der Waals surface area contributed by atoms with E-state index in [9.17, 15) is 0 Å². The lowest BCUT2D eigenvalue weighted by molar-refractivity contribution is 0.390. The lowest BCUT2D eigenvalue weighted by atomic mass is 10.3. The van der Waals surface area contributed by atoms with Gasteiger partial charge in [0.05, 0.1) is 18.5 Å². The van der Waals surface area contributed by atoms with Gasteiger partial charge in [0.15, 0.2) is 0 Å². The molecule has 0 saturated heterocycles. The van der Waals surface area contributed by atoms with Crippen molar-refractivity contribution in [3.05, 3.63) is 41.6 Å². The van der Waals surface area contributed by atoms with Crippen LogP contribution in [0.5, 0.6) is 5.88 Å². The standard InChI is InChI=1S/C12H15N5O/c1-9-14-6-5-10(15-9)7-13-8-11-3-4-12(18-2)17-16-11/h3-6,13H,7-8H2,1-2H3. The summed E-state index contributed by atoms with van der Waals surface area (Å²) in [6.07, 6.45) is 1.76. The van der Waals surface area contributed by atoms with Crippen molar-refractivity contribution in [1.29, 1.82) is 0 Å². The SMILES string of the molecule is COc1ccc(CNCc2ccnc(C)n2)nn1. The summed E-state index contributed by atoms with van der Waals surface area (Å²) in [6.45, 7) is 3.19. The van der Waals surface area contributed by atoms with E-state index in [4.69, 9.17) is 4.74 Å². The van der Waals surface area contributed by atoms with Crippen LogP contribution in [-0.4, -0.2) is 27.3 Å². The highest BCUT2D eigenvalue weighted by Gasteiger charge is 1.99. The Balaban J connectivity index is 1.84. The molecule has 94 valence electrons. The van der Waals surface area contributed by atoms with Gasteiger partial charge in [-0.3, -0.25) is 0 Å². The number of ether oxygens (including phenoxy) is 1. The van der Waals surface area contributed by atoms with Gasteiger partial charge in [0, 0.05) is 25.4 Å². The van der Waals surface area contributed by atoms with E-state index < -0.39 is 0 Å². The maximum absolute atomic E-state index is 4.95. The lowest BCUT2D eigenvalue weighted by Gasteiger charge is -2.04. The van der Waals surface area contributed by atoms with Gasteiger partial charge in [-0.05, 0) is 19.1 Å². The molecular formula is C12H15N5O. The minimum Gasteiger partial charge on any atom is -0.480 e. The predicted octanol–water partition coefficient (Wildman–Crippen LogP) is 0.873.